The van der Waals surface area contributed by atoms with Crippen LogP contribution in [0.1, 0.15) is 25.7 Å². The Bertz CT molecular complexity index is 96.7. The summed E-state index contributed by atoms with van der Waals surface area (Å²) in [4.78, 5) is 0. The van der Waals surface area contributed by atoms with Gasteiger partial charge < -0.3 is 9.41 Å². The van der Waals surface area contributed by atoms with Crippen molar-refractivity contribution in [2.75, 3.05) is 0 Å². The fraction of sp³-hybridized carbons (Fsp3) is 0.500. The molecule has 0 heterocycles. The van der Waals surface area contributed by atoms with Gasteiger partial charge in [0.1, 0.15) is 0 Å². The fourth-order valence-electron chi connectivity index (χ4n) is 0.874. The molecule has 0 spiro atoms. The number of rotatable bonds is 0. The molecule has 1 aliphatic rings. The first-order valence-electron chi connectivity index (χ1n) is 3.32. The molecule has 1 aliphatic carbocycles. The Balaban J connectivity index is -0.000000213. The summed E-state index contributed by atoms with van der Waals surface area (Å²) < 4.78 is 0. The third-order valence-electron chi connectivity index (χ3n) is 1.37. The smallest absolute Gasteiger partial charge is 1.00 e. The van der Waals surface area contributed by atoms with Crippen molar-refractivity contribution < 1.29 is 29.8 Å². The van der Waals surface area contributed by atoms with Crippen LogP contribution in [0.15, 0.2) is 24.3 Å². The number of hydrogen-bond acceptors (Lipinski definition) is 0. The minimum Gasteiger partial charge on any atom is -1.00 e. The SMILES string of the molecule is C1=CCCCCC=C1.[F-].[F-].[Pd+2]. The molecule has 0 aromatic carbocycles. The molecule has 0 aromatic rings. The second-order valence-corrected chi connectivity index (χ2v) is 2.14. The maximum atomic E-state index is 2.23. The summed E-state index contributed by atoms with van der Waals surface area (Å²) in [5.41, 5.74) is 0. The molecule has 0 radical (unpaired) electrons. The van der Waals surface area contributed by atoms with Gasteiger partial charge in [0, 0.05) is 0 Å². The summed E-state index contributed by atoms with van der Waals surface area (Å²) in [5, 5.41) is 0. The van der Waals surface area contributed by atoms with Crippen molar-refractivity contribution in [3.8, 4) is 0 Å². The first-order valence-corrected chi connectivity index (χ1v) is 3.32. The van der Waals surface area contributed by atoms with Gasteiger partial charge in [-0.25, -0.2) is 0 Å². The maximum Gasteiger partial charge on any atom is 2.00 e. The normalized spacial score (nSPS) is 14.5. The molecule has 11 heavy (non-hydrogen) atoms. The van der Waals surface area contributed by atoms with E-state index >= 15 is 0 Å². The average Bonchev–Trinajstić information content (AvgIpc) is 1.62. The van der Waals surface area contributed by atoms with Gasteiger partial charge in [0.2, 0.25) is 0 Å². The van der Waals surface area contributed by atoms with Gasteiger partial charge in [-0.3, -0.25) is 0 Å². The van der Waals surface area contributed by atoms with Crippen molar-refractivity contribution in [2.24, 2.45) is 0 Å². The van der Waals surface area contributed by atoms with Crippen LogP contribution in [0.25, 0.3) is 0 Å². The van der Waals surface area contributed by atoms with Gasteiger partial charge in [-0.2, -0.15) is 0 Å². The van der Waals surface area contributed by atoms with Crippen LogP contribution in [0.3, 0.4) is 0 Å². The molecular formula is C8H12F2Pd. The Morgan fingerprint density at radius 1 is 0.727 bits per heavy atom. The summed E-state index contributed by atoms with van der Waals surface area (Å²) in [6, 6.07) is 0. The van der Waals surface area contributed by atoms with E-state index in [-0.39, 0.29) is 29.8 Å². The molecule has 0 N–H and O–H groups in total. The summed E-state index contributed by atoms with van der Waals surface area (Å²) >= 11 is 0. The van der Waals surface area contributed by atoms with Crippen molar-refractivity contribution in [3.63, 3.8) is 0 Å². The van der Waals surface area contributed by atoms with Crippen molar-refractivity contribution in [2.45, 2.75) is 25.7 Å². The molecule has 0 amide bonds. The Labute approximate surface area is 80.1 Å². The van der Waals surface area contributed by atoms with Gasteiger partial charge in [0.25, 0.3) is 0 Å². The topological polar surface area (TPSA) is 0 Å². The van der Waals surface area contributed by atoms with Crippen LogP contribution in [0.4, 0.5) is 0 Å². The van der Waals surface area contributed by atoms with Gasteiger partial charge in [0.05, 0.1) is 0 Å². The standard InChI is InChI=1S/C8H12.2FH.Pd/c1-2-4-6-8-7-5-3-1;;;/h1-4H,5-8H2;2*1H;/q;;;+2/p-2. The van der Waals surface area contributed by atoms with Gasteiger partial charge in [0.15, 0.2) is 0 Å². The second kappa shape index (κ2) is 12.7. The van der Waals surface area contributed by atoms with Crippen molar-refractivity contribution in [3.05, 3.63) is 24.3 Å². The third kappa shape index (κ3) is 10.0. The van der Waals surface area contributed by atoms with E-state index in [9.17, 15) is 0 Å². The Morgan fingerprint density at radius 2 is 1.09 bits per heavy atom. The van der Waals surface area contributed by atoms with E-state index in [4.69, 9.17) is 0 Å². The molecular weight excluding hydrogens is 241 g/mol. The van der Waals surface area contributed by atoms with E-state index in [1.807, 2.05) is 0 Å². The molecule has 0 aromatic heterocycles. The van der Waals surface area contributed by atoms with Crippen LogP contribution in [0.5, 0.6) is 0 Å². The second-order valence-electron chi connectivity index (χ2n) is 2.14. The monoisotopic (exact) mass is 252 g/mol. The molecule has 0 saturated heterocycles. The first kappa shape index (κ1) is 17.2. The predicted octanol–water partition coefficient (Wildman–Crippen LogP) is -3.32. The summed E-state index contributed by atoms with van der Waals surface area (Å²) in [5.74, 6) is 0. The van der Waals surface area contributed by atoms with Crippen LogP contribution >= 0.6 is 0 Å². The quantitative estimate of drug-likeness (QED) is 0.396. The summed E-state index contributed by atoms with van der Waals surface area (Å²) in [6.45, 7) is 0. The van der Waals surface area contributed by atoms with E-state index in [1.54, 1.807) is 0 Å². The van der Waals surface area contributed by atoms with Crippen LogP contribution in [-0.2, 0) is 20.4 Å². The van der Waals surface area contributed by atoms with Gasteiger partial charge in [-0.15, -0.1) is 0 Å². The van der Waals surface area contributed by atoms with E-state index in [0.29, 0.717) is 0 Å². The zero-order valence-corrected chi connectivity index (χ0v) is 7.76. The number of allylic oxidation sites excluding steroid dienone is 4. The largest absolute Gasteiger partial charge is 2.00 e. The molecule has 68 valence electrons. The molecule has 0 atom stereocenters. The predicted molar refractivity (Wildman–Crippen MR) is 36.7 cm³/mol. The van der Waals surface area contributed by atoms with Crippen molar-refractivity contribution in [1.29, 1.82) is 0 Å². The minimum absolute atomic E-state index is 0. The molecule has 1 rings (SSSR count). The van der Waals surface area contributed by atoms with E-state index in [2.05, 4.69) is 24.3 Å². The zero-order valence-electron chi connectivity index (χ0n) is 6.21. The van der Waals surface area contributed by atoms with E-state index < -0.39 is 0 Å². The molecule has 0 fully saturated rings. The van der Waals surface area contributed by atoms with Gasteiger partial charge in [-0.1, -0.05) is 24.3 Å². The Hall–Kier alpha value is 0.00234. The van der Waals surface area contributed by atoms with Crippen molar-refractivity contribution in [1.82, 2.24) is 0 Å². The van der Waals surface area contributed by atoms with E-state index in [0.717, 1.165) is 0 Å². The molecule has 0 nitrogen and oxygen atoms in total. The van der Waals surface area contributed by atoms with Crippen LogP contribution in [-0.4, -0.2) is 0 Å². The van der Waals surface area contributed by atoms with Gasteiger partial charge in [-0.05, 0) is 25.7 Å². The van der Waals surface area contributed by atoms with Crippen LogP contribution in [0.2, 0.25) is 0 Å². The average molecular weight is 253 g/mol. The van der Waals surface area contributed by atoms with E-state index in [1.165, 1.54) is 25.7 Å². The number of hydrogen-bond donors (Lipinski definition) is 0. The molecule has 0 bridgehead atoms. The third-order valence-corrected chi connectivity index (χ3v) is 1.37. The first-order chi connectivity index (χ1) is 4.00. The maximum absolute atomic E-state index is 2.23. The molecule has 0 aliphatic heterocycles. The van der Waals surface area contributed by atoms with Crippen LogP contribution in [0, 0.1) is 0 Å². The summed E-state index contributed by atoms with van der Waals surface area (Å²) in [6.07, 6.45) is 14.0. The molecule has 0 unspecified atom stereocenters. The van der Waals surface area contributed by atoms with Gasteiger partial charge >= 0.3 is 20.4 Å². The van der Waals surface area contributed by atoms with Crippen molar-refractivity contribution >= 4 is 0 Å². The molecule has 3 heteroatoms. The number of halogens is 2. The Kier molecular flexibility index (Phi) is 19.8. The van der Waals surface area contributed by atoms with Crippen LogP contribution < -0.4 is 9.41 Å². The minimum atomic E-state index is 0. The molecule has 0 saturated carbocycles. The fourth-order valence-corrected chi connectivity index (χ4v) is 0.874. The summed E-state index contributed by atoms with van der Waals surface area (Å²) in [7, 11) is 0. The zero-order chi connectivity index (χ0) is 5.66. The Morgan fingerprint density at radius 3 is 1.45 bits per heavy atom.